The molecule has 1 fully saturated rings. The van der Waals surface area contributed by atoms with Crippen LogP contribution in [0.5, 0.6) is 0 Å². The molecule has 1 saturated carbocycles. The standard InChI is InChI=1S/C21H20ClN3O/c22-17-3-1-2-16(12-17)21-24-19(15-6-7-15)13-20(25-21)23-18-8-4-14(5-9-18)10-11-26/h1-5,8-9,12-13,15,26H,6-7,10-11H2,(H,23,24,25). The molecule has 4 rings (SSSR count). The third-order valence-corrected chi connectivity index (χ3v) is 4.69. The van der Waals surface area contributed by atoms with Crippen molar-refractivity contribution >= 4 is 23.1 Å². The lowest BCUT2D eigenvalue weighted by molar-refractivity contribution is 0.299. The second-order valence-corrected chi connectivity index (χ2v) is 7.02. The number of aromatic nitrogens is 2. The molecule has 0 radical (unpaired) electrons. The zero-order chi connectivity index (χ0) is 17.9. The molecule has 1 aliphatic carbocycles. The molecule has 1 aromatic heterocycles. The van der Waals surface area contributed by atoms with Crippen LogP contribution in [0.3, 0.4) is 0 Å². The van der Waals surface area contributed by atoms with Crippen LogP contribution in [0.1, 0.15) is 30.0 Å². The number of nitrogens with zero attached hydrogens (tertiary/aromatic N) is 2. The molecule has 2 N–H and O–H groups in total. The van der Waals surface area contributed by atoms with Crippen molar-refractivity contribution in [3.63, 3.8) is 0 Å². The lowest BCUT2D eigenvalue weighted by Gasteiger charge is -2.11. The Kier molecular flexibility index (Phi) is 4.87. The van der Waals surface area contributed by atoms with E-state index >= 15 is 0 Å². The van der Waals surface area contributed by atoms with Gasteiger partial charge in [-0.25, -0.2) is 9.97 Å². The van der Waals surface area contributed by atoms with Gasteiger partial charge in [0.15, 0.2) is 5.82 Å². The maximum Gasteiger partial charge on any atom is 0.161 e. The zero-order valence-corrected chi connectivity index (χ0v) is 15.1. The zero-order valence-electron chi connectivity index (χ0n) is 14.3. The van der Waals surface area contributed by atoms with Crippen LogP contribution in [0.4, 0.5) is 11.5 Å². The first-order valence-corrected chi connectivity index (χ1v) is 9.21. The summed E-state index contributed by atoms with van der Waals surface area (Å²) in [4.78, 5) is 9.44. The highest BCUT2D eigenvalue weighted by atomic mass is 35.5. The van der Waals surface area contributed by atoms with E-state index in [0.29, 0.717) is 23.2 Å². The van der Waals surface area contributed by atoms with E-state index in [0.717, 1.165) is 28.3 Å². The van der Waals surface area contributed by atoms with E-state index in [1.165, 1.54) is 12.8 Å². The third-order valence-electron chi connectivity index (χ3n) is 4.45. The molecule has 0 unspecified atom stereocenters. The average Bonchev–Trinajstić information content (AvgIpc) is 3.49. The third kappa shape index (κ3) is 4.03. The smallest absolute Gasteiger partial charge is 0.161 e. The van der Waals surface area contributed by atoms with Crippen molar-refractivity contribution in [2.24, 2.45) is 0 Å². The molecule has 3 aromatic rings. The molecule has 0 atom stereocenters. The summed E-state index contributed by atoms with van der Waals surface area (Å²) >= 11 is 6.13. The first-order chi connectivity index (χ1) is 12.7. The molecule has 0 aliphatic heterocycles. The molecule has 4 nitrogen and oxygen atoms in total. The summed E-state index contributed by atoms with van der Waals surface area (Å²) in [5.41, 5.74) is 4.07. The van der Waals surface area contributed by atoms with Crippen molar-refractivity contribution in [2.75, 3.05) is 11.9 Å². The van der Waals surface area contributed by atoms with Gasteiger partial charge in [-0.1, -0.05) is 35.9 Å². The van der Waals surface area contributed by atoms with Gasteiger partial charge in [0.05, 0.1) is 0 Å². The van der Waals surface area contributed by atoms with Crippen molar-refractivity contribution in [1.29, 1.82) is 0 Å². The van der Waals surface area contributed by atoms with E-state index in [1.807, 2.05) is 54.6 Å². The van der Waals surface area contributed by atoms with Gasteiger partial charge in [-0.15, -0.1) is 0 Å². The maximum atomic E-state index is 9.03. The second-order valence-electron chi connectivity index (χ2n) is 6.58. The lowest BCUT2D eigenvalue weighted by Crippen LogP contribution is -2.01. The highest BCUT2D eigenvalue weighted by molar-refractivity contribution is 6.30. The summed E-state index contributed by atoms with van der Waals surface area (Å²) in [6, 6.07) is 17.7. The van der Waals surface area contributed by atoms with Gasteiger partial charge in [0.2, 0.25) is 0 Å². The Morgan fingerprint density at radius 3 is 2.54 bits per heavy atom. The number of rotatable bonds is 6. The predicted molar refractivity (Wildman–Crippen MR) is 105 cm³/mol. The number of anilines is 2. The Hall–Kier alpha value is -2.43. The van der Waals surface area contributed by atoms with Gasteiger partial charge in [-0.3, -0.25) is 0 Å². The number of aliphatic hydroxyl groups excluding tert-OH is 1. The Labute approximate surface area is 157 Å². The van der Waals surface area contributed by atoms with Crippen molar-refractivity contribution in [1.82, 2.24) is 9.97 Å². The van der Waals surface area contributed by atoms with Gasteiger partial charge in [-0.05, 0) is 49.1 Å². The fraction of sp³-hybridized carbons (Fsp3) is 0.238. The molecule has 2 aromatic carbocycles. The fourth-order valence-electron chi connectivity index (χ4n) is 2.91. The first-order valence-electron chi connectivity index (χ1n) is 8.83. The van der Waals surface area contributed by atoms with Crippen LogP contribution in [0.2, 0.25) is 5.02 Å². The van der Waals surface area contributed by atoms with Crippen LogP contribution in [-0.2, 0) is 6.42 Å². The number of nitrogens with one attached hydrogen (secondary N) is 1. The van der Waals surface area contributed by atoms with Gasteiger partial charge in [0.1, 0.15) is 5.82 Å². The van der Waals surface area contributed by atoms with Crippen LogP contribution in [-0.4, -0.2) is 21.7 Å². The van der Waals surface area contributed by atoms with Gasteiger partial charge < -0.3 is 10.4 Å². The highest BCUT2D eigenvalue weighted by Gasteiger charge is 2.26. The van der Waals surface area contributed by atoms with Crippen molar-refractivity contribution in [2.45, 2.75) is 25.2 Å². The van der Waals surface area contributed by atoms with Crippen molar-refractivity contribution < 1.29 is 5.11 Å². The van der Waals surface area contributed by atoms with E-state index < -0.39 is 0 Å². The van der Waals surface area contributed by atoms with Gasteiger partial charge in [-0.2, -0.15) is 0 Å². The number of benzene rings is 2. The minimum atomic E-state index is 0.159. The van der Waals surface area contributed by atoms with Crippen LogP contribution in [0, 0.1) is 0 Å². The Balaban J connectivity index is 1.64. The molecular weight excluding hydrogens is 346 g/mol. The maximum absolute atomic E-state index is 9.03. The molecule has 0 spiro atoms. The molecule has 0 saturated heterocycles. The van der Waals surface area contributed by atoms with E-state index in [2.05, 4.69) is 10.3 Å². The molecular formula is C21H20ClN3O. The number of halogens is 1. The van der Waals surface area contributed by atoms with Crippen LogP contribution < -0.4 is 5.32 Å². The Morgan fingerprint density at radius 1 is 1.04 bits per heavy atom. The predicted octanol–water partition coefficient (Wildman–Crippen LogP) is 4.95. The highest BCUT2D eigenvalue weighted by Crippen LogP contribution is 2.40. The summed E-state index contributed by atoms with van der Waals surface area (Å²) in [5.74, 6) is 2.01. The normalized spacial score (nSPS) is 13.6. The van der Waals surface area contributed by atoms with E-state index in [9.17, 15) is 0 Å². The van der Waals surface area contributed by atoms with Gasteiger partial charge in [0, 0.05) is 40.6 Å². The summed E-state index contributed by atoms with van der Waals surface area (Å²) in [5, 5.41) is 13.1. The molecule has 132 valence electrons. The number of hydrogen-bond acceptors (Lipinski definition) is 4. The van der Waals surface area contributed by atoms with Crippen molar-refractivity contribution in [3.05, 3.63) is 70.9 Å². The SMILES string of the molecule is OCCc1ccc(Nc2cc(C3CC3)nc(-c3cccc(Cl)c3)n2)cc1. The van der Waals surface area contributed by atoms with Crippen LogP contribution >= 0.6 is 11.6 Å². The average molecular weight is 366 g/mol. The minimum absolute atomic E-state index is 0.159. The summed E-state index contributed by atoms with van der Waals surface area (Å²) in [7, 11) is 0. The first kappa shape index (κ1) is 17.0. The Bertz CT molecular complexity index is 907. The topological polar surface area (TPSA) is 58.0 Å². The second kappa shape index (κ2) is 7.44. The van der Waals surface area contributed by atoms with E-state index in [4.69, 9.17) is 21.7 Å². The monoisotopic (exact) mass is 365 g/mol. The lowest BCUT2D eigenvalue weighted by atomic mass is 10.1. The number of aliphatic hydroxyl groups is 1. The quantitative estimate of drug-likeness (QED) is 0.648. The Morgan fingerprint density at radius 2 is 1.85 bits per heavy atom. The molecule has 1 heterocycles. The number of hydrogen-bond donors (Lipinski definition) is 2. The largest absolute Gasteiger partial charge is 0.396 e. The molecule has 1 aliphatic rings. The van der Waals surface area contributed by atoms with Crippen LogP contribution in [0.25, 0.3) is 11.4 Å². The van der Waals surface area contributed by atoms with Gasteiger partial charge in [0.25, 0.3) is 0 Å². The summed E-state index contributed by atoms with van der Waals surface area (Å²) in [6.07, 6.45) is 3.03. The van der Waals surface area contributed by atoms with E-state index in [1.54, 1.807) is 0 Å². The van der Waals surface area contributed by atoms with E-state index in [-0.39, 0.29) is 6.61 Å². The van der Waals surface area contributed by atoms with Crippen LogP contribution in [0.15, 0.2) is 54.6 Å². The fourth-order valence-corrected chi connectivity index (χ4v) is 3.10. The molecule has 26 heavy (non-hydrogen) atoms. The molecule has 5 heteroatoms. The summed E-state index contributed by atoms with van der Waals surface area (Å²) in [6.45, 7) is 0.159. The summed E-state index contributed by atoms with van der Waals surface area (Å²) < 4.78 is 0. The molecule has 0 amide bonds. The molecule has 0 bridgehead atoms. The minimum Gasteiger partial charge on any atom is -0.396 e. The van der Waals surface area contributed by atoms with Gasteiger partial charge >= 0.3 is 0 Å². The van der Waals surface area contributed by atoms with Crippen molar-refractivity contribution in [3.8, 4) is 11.4 Å².